The van der Waals surface area contributed by atoms with Crippen molar-refractivity contribution in [3.63, 3.8) is 0 Å². The van der Waals surface area contributed by atoms with Crippen LogP contribution in [0.1, 0.15) is 83.6 Å². The number of nitrogens with one attached hydrogen (secondary N) is 2. The maximum atomic E-state index is 11.9. The Hall–Kier alpha value is -1.59. The smallest absolute Gasteiger partial charge is 0.408 e. The highest BCUT2D eigenvalue weighted by Gasteiger charge is 2.28. The lowest BCUT2D eigenvalue weighted by molar-refractivity contribution is 0.0508. The van der Waals surface area contributed by atoms with Crippen molar-refractivity contribution in [1.29, 1.82) is 0 Å². The first kappa shape index (κ1) is 20.7. The molecule has 1 aromatic carbocycles. The van der Waals surface area contributed by atoms with Crippen LogP contribution in [0.25, 0.3) is 0 Å². The molecule has 0 bridgehead atoms. The quantitative estimate of drug-likeness (QED) is 0.708. The molecule has 1 fully saturated rings. The number of hydrogen-bond acceptors (Lipinski definition) is 4. The molecule has 146 valence electrons. The van der Waals surface area contributed by atoms with Gasteiger partial charge in [0.1, 0.15) is 5.60 Å². The lowest BCUT2D eigenvalue weighted by Crippen LogP contribution is -2.41. The summed E-state index contributed by atoms with van der Waals surface area (Å²) in [6, 6.07) is 7.57. The van der Waals surface area contributed by atoms with Gasteiger partial charge in [-0.25, -0.2) is 4.79 Å². The van der Waals surface area contributed by atoms with Gasteiger partial charge in [-0.3, -0.25) is 0 Å². The van der Waals surface area contributed by atoms with Crippen LogP contribution in [0.2, 0.25) is 0 Å². The first-order valence-electron chi connectivity index (χ1n) is 9.60. The molecule has 1 saturated carbocycles. The number of alkyl carbamates (subject to hydrolysis) is 1. The second-order valence-electron chi connectivity index (χ2n) is 8.70. The van der Waals surface area contributed by atoms with Gasteiger partial charge in [0.2, 0.25) is 0 Å². The van der Waals surface area contributed by atoms with Crippen LogP contribution >= 0.6 is 0 Å². The molecule has 0 aliphatic heterocycles. The summed E-state index contributed by atoms with van der Waals surface area (Å²) < 4.78 is 5.28. The van der Waals surface area contributed by atoms with Crippen LogP contribution in [0.4, 0.5) is 4.79 Å². The fourth-order valence-electron chi connectivity index (χ4n) is 3.37. The van der Waals surface area contributed by atoms with E-state index in [1.165, 1.54) is 25.7 Å². The highest BCUT2D eigenvalue weighted by Crippen LogP contribution is 2.29. The molecule has 2 atom stereocenters. The summed E-state index contributed by atoms with van der Waals surface area (Å²) in [5.41, 5.74) is 1.50. The fraction of sp³-hybridized carbons (Fsp3) is 0.667. The number of rotatable bonds is 6. The fourth-order valence-corrected chi connectivity index (χ4v) is 3.37. The number of amides is 1. The molecule has 5 heteroatoms. The Kier molecular flexibility index (Phi) is 6.69. The van der Waals surface area contributed by atoms with Crippen LogP contribution in [-0.4, -0.2) is 28.9 Å². The van der Waals surface area contributed by atoms with Gasteiger partial charge < -0.3 is 20.5 Å². The molecule has 26 heavy (non-hydrogen) atoms. The molecular formula is C21H34N2O3. The predicted octanol–water partition coefficient (Wildman–Crippen LogP) is 4.23. The lowest BCUT2D eigenvalue weighted by Gasteiger charge is -2.27. The van der Waals surface area contributed by atoms with Gasteiger partial charge in [0.25, 0.3) is 0 Å². The van der Waals surface area contributed by atoms with Crippen molar-refractivity contribution >= 4 is 6.09 Å². The van der Waals surface area contributed by atoms with Gasteiger partial charge in [-0.05, 0) is 58.6 Å². The molecule has 3 N–H and O–H groups in total. The van der Waals surface area contributed by atoms with Crippen molar-refractivity contribution in [2.45, 2.75) is 83.6 Å². The van der Waals surface area contributed by atoms with Gasteiger partial charge in [-0.2, -0.15) is 0 Å². The minimum Gasteiger partial charge on any atom is -0.444 e. The van der Waals surface area contributed by atoms with Crippen LogP contribution in [0.15, 0.2) is 24.3 Å². The third-order valence-electron chi connectivity index (χ3n) is 4.98. The van der Waals surface area contributed by atoms with Gasteiger partial charge in [0, 0.05) is 12.1 Å². The average Bonchev–Trinajstić information content (AvgIpc) is 2.98. The van der Waals surface area contributed by atoms with E-state index < -0.39 is 17.8 Å². The van der Waals surface area contributed by atoms with Crippen LogP contribution in [0, 0.1) is 0 Å². The monoisotopic (exact) mass is 362 g/mol. The van der Waals surface area contributed by atoms with E-state index in [1.54, 1.807) is 0 Å². The van der Waals surface area contributed by atoms with E-state index in [-0.39, 0.29) is 11.6 Å². The van der Waals surface area contributed by atoms with Crippen molar-refractivity contribution < 1.29 is 14.6 Å². The predicted molar refractivity (Wildman–Crippen MR) is 104 cm³/mol. The summed E-state index contributed by atoms with van der Waals surface area (Å²) in [7, 11) is 0. The molecule has 0 radical (unpaired) electrons. The average molecular weight is 363 g/mol. The summed E-state index contributed by atoms with van der Waals surface area (Å²) in [6.07, 6.45) is 3.91. The van der Waals surface area contributed by atoms with Crippen LogP contribution in [0.3, 0.4) is 0 Å². The molecule has 1 amide bonds. The van der Waals surface area contributed by atoms with Crippen molar-refractivity contribution in [2.75, 3.05) is 6.54 Å². The minimum absolute atomic E-state index is 0.159. The molecule has 1 aliphatic carbocycles. The van der Waals surface area contributed by atoms with Crippen molar-refractivity contribution in [3.8, 4) is 0 Å². The molecule has 0 saturated heterocycles. The Balaban J connectivity index is 1.87. The zero-order chi connectivity index (χ0) is 19.4. The second-order valence-corrected chi connectivity index (χ2v) is 8.70. The van der Waals surface area contributed by atoms with E-state index in [0.717, 1.165) is 11.1 Å². The molecule has 0 unspecified atom stereocenters. The van der Waals surface area contributed by atoms with Gasteiger partial charge in [-0.1, -0.05) is 37.1 Å². The minimum atomic E-state index is -0.532. The topological polar surface area (TPSA) is 70.6 Å². The Bertz CT molecular complexity index is 586. The van der Waals surface area contributed by atoms with Gasteiger partial charge >= 0.3 is 6.09 Å². The highest BCUT2D eigenvalue weighted by molar-refractivity contribution is 5.68. The number of carbonyl (C=O) groups excluding carboxylic acids is 1. The SMILES string of the molecule is C[C@H](NC(=O)OC(C)(C)C)c1ccc([C@H](O)CNC2(C)CCCC2)cc1. The molecule has 1 aromatic rings. The number of aliphatic hydroxyl groups excluding tert-OH is 1. The maximum Gasteiger partial charge on any atom is 0.408 e. The largest absolute Gasteiger partial charge is 0.444 e. The van der Waals surface area contributed by atoms with Crippen LogP contribution < -0.4 is 10.6 Å². The van der Waals surface area contributed by atoms with Gasteiger partial charge in [-0.15, -0.1) is 0 Å². The molecule has 0 heterocycles. The first-order chi connectivity index (χ1) is 12.1. The Morgan fingerprint density at radius 1 is 1.19 bits per heavy atom. The van der Waals surface area contributed by atoms with E-state index in [2.05, 4.69) is 17.6 Å². The van der Waals surface area contributed by atoms with Crippen molar-refractivity contribution in [1.82, 2.24) is 10.6 Å². The summed E-state index contributed by atoms with van der Waals surface area (Å²) in [5, 5.41) is 16.8. The number of aliphatic hydroxyl groups is 1. The molecule has 1 aliphatic rings. The number of carbonyl (C=O) groups is 1. The lowest BCUT2D eigenvalue weighted by atomic mass is 9.99. The zero-order valence-corrected chi connectivity index (χ0v) is 16.8. The van der Waals surface area contributed by atoms with E-state index in [0.29, 0.717) is 6.54 Å². The molecule has 2 rings (SSSR count). The van der Waals surface area contributed by atoms with E-state index in [9.17, 15) is 9.90 Å². The Labute approximate surface area is 157 Å². The van der Waals surface area contributed by atoms with Gasteiger partial charge in [0.05, 0.1) is 12.1 Å². The molecule has 0 aromatic heterocycles. The summed E-state index contributed by atoms with van der Waals surface area (Å²) in [5.74, 6) is 0. The third-order valence-corrected chi connectivity index (χ3v) is 4.98. The Morgan fingerprint density at radius 3 is 2.27 bits per heavy atom. The number of hydrogen-bond donors (Lipinski definition) is 3. The zero-order valence-electron chi connectivity index (χ0n) is 16.8. The van der Waals surface area contributed by atoms with E-state index >= 15 is 0 Å². The maximum absolute atomic E-state index is 11.9. The van der Waals surface area contributed by atoms with Crippen molar-refractivity contribution in [3.05, 3.63) is 35.4 Å². The molecular weight excluding hydrogens is 328 g/mol. The summed E-state index contributed by atoms with van der Waals surface area (Å²) in [6.45, 7) is 10.2. The third kappa shape index (κ3) is 6.29. The van der Waals surface area contributed by atoms with Crippen LogP contribution in [-0.2, 0) is 4.74 Å². The van der Waals surface area contributed by atoms with Crippen molar-refractivity contribution in [2.24, 2.45) is 0 Å². The molecule has 5 nitrogen and oxygen atoms in total. The summed E-state index contributed by atoms with van der Waals surface area (Å²) >= 11 is 0. The number of β-amino-alcohol motifs (C(OH)–C–C–N with tert-alkyl or cyclic N) is 1. The summed E-state index contributed by atoms with van der Waals surface area (Å²) in [4.78, 5) is 11.9. The van der Waals surface area contributed by atoms with E-state index in [4.69, 9.17) is 4.74 Å². The first-order valence-corrected chi connectivity index (χ1v) is 9.60. The Morgan fingerprint density at radius 2 is 1.73 bits per heavy atom. The molecule has 0 spiro atoms. The van der Waals surface area contributed by atoms with Gasteiger partial charge in [0.15, 0.2) is 0 Å². The number of ether oxygens (including phenoxy) is 1. The highest BCUT2D eigenvalue weighted by atomic mass is 16.6. The second kappa shape index (κ2) is 8.40. The van der Waals surface area contributed by atoms with E-state index in [1.807, 2.05) is 52.0 Å². The van der Waals surface area contributed by atoms with Crippen LogP contribution in [0.5, 0.6) is 0 Å². The number of benzene rings is 1. The normalized spacial score (nSPS) is 19.0. The standard InChI is InChI=1S/C21H34N2O3/c1-15(23-19(25)26-20(2,3)4)16-8-10-17(11-9-16)18(24)14-22-21(5)12-6-7-13-21/h8-11,15,18,22,24H,6-7,12-14H2,1-5H3,(H,23,25)/t15-,18+/m0/s1.